The molecule has 0 aliphatic carbocycles. The first-order chi connectivity index (χ1) is 7.12. The second kappa shape index (κ2) is 10.0. The van der Waals surface area contributed by atoms with Crippen molar-refractivity contribution in [2.75, 3.05) is 17.8 Å². The van der Waals surface area contributed by atoms with E-state index in [4.69, 9.17) is 0 Å². The van der Waals surface area contributed by atoms with Crippen LogP contribution in [0.4, 0.5) is 0 Å². The van der Waals surface area contributed by atoms with Gasteiger partial charge in [-0.05, 0) is 39.0 Å². The number of hydrogen-bond donors (Lipinski definition) is 0. The highest BCUT2D eigenvalue weighted by Crippen LogP contribution is 2.52. The van der Waals surface area contributed by atoms with Gasteiger partial charge in [0.15, 0.2) is 0 Å². The Morgan fingerprint density at radius 1 is 0.800 bits per heavy atom. The van der Waals surface area contributed by atoms with Gasteiger partial charge in [-0.2, -0.15) is 8.46 Å². The van der Waals surface area contributed by atoms with Gasteiger partial charge in [0, 0.05) is 0 Å². The lowest BCUT2D eigenvalue weighted by Gasteiger charge is -2.26. The molecule has 1 atom stereocenters. The summed E-state index contributed by atoms with van der Waals surface area (Å²) in [7, 11) is -0.408. The van der Waals surface area contributed by atoms with Crippen molar-refractivity contribution in [1.29, 1.82) is 0 Å². The van der Waals surface area contributed by atoms with Crippen LogP contribution in [0.25, 0.3) is 0 Å². The molecule has 0 aliphatic rings. The fourth-order valence-electron chi connectivity index (χ4n) is 1.68. The summed E-state index contributed by atoms with van der Waals surface area (Å²) in [6.07, 6.45) is 13.9. The smallest absolute Gasteiger partial charge is 0.0139 e. The molecule has 0 aromatic rings. The molecule has 0 aromatic carbocycles. The second-order valence-corrected chi connectivity index (χ2v) is 12.6. The first kappa shape index (κ1) is 15.8. The highest BCUT2D eigenvalue weighted by molar-refractivity contribution is 9.58. The standard InChI is InChI=1S/C13H29BrS/c1-4-6-7-8-9-10-11-12-13-15(3,14)5-2/h4-13H2,1-3H3. The third kappa shape index (κ3) is 11.1. The van der Waals surface area contributed by atoms with Crippen molar-refractivity contribution in [3.63, 3.8) is 0 Å². The Morgan fingerprint density at radius 2 is 1.27 bits per heavy atom. The number of hydrogen-bond acceptors (Lipinski definition) is 0. The summed E-state index contributed by atoms with van der Waals surface area (Å²) in [5, 5.41) is 0. The van der Waals surface area contributed by atoms with Crippen molar-refractivity contribution >= 4 is 23.3 Å². The van der Waals surface area contributed by atoms with Crippen molar-refractivity contribution in [2.45, 2.75) is 65.2 Å². The normalized spacial score (nSPS) is 17.3. The van der Waals surface area contributed by atoms with Gasteiger partial charge in [-0.25, -0.2) is 0 Å². The largest absolute Gasteiger partial charge is 0.186 e. The molecule has 1 unspecified atom stereocenters. The fraction of sp³-hybridized carbons (Fsp3) is 1.00. The van der Waals surface area contributed by atoms with Gasteiger partial charge in [-0.15, -0.1) is 0 Å². The lowest BCUT2D eigenvalue weighted by atomic mass is 10.1. The van der Waals surface area contributed by atoms with E-state index in [2.05, 4.69) is 34.9 Å². The monoisotopic (exact) mass is 296 g/mol. The molecule has 0 bridgehead atoms. The molecule has 0 saturated heterocycles. The lowest BCUT2D eigenvalue weighted by molar-refractivity contribution is 0.586. The molecule has 0 N–H and O–H groups in total. The maximum absolute atomic E-state index is 3.87. The van der Waals surface area contributed by atoms with E-state index in [9.17, 15) is 0 Å². The minimum absolute atomic E-state index is 0.408. The molecule has 0 rings (SSSR count). The van der Waals surface area contributed by atoms with Crippen LogP contribution in [-0.2, 0) is 0 Å². The van der Waals surface area contributed by atoms with E-state index in [1.54, 1.807) is 0 Å². The van der Waals surface area contributed by atoms with Crippen LogP contribution < -0.4 is 0 Å². The van der Waals surface area contributed by atoms with Crippen LogP contribution in [0.5, 0.6) is 0 Å². The van der Waals surface area contributed by atoms with Gasteiger partial charge in [0.05, 0.1) is 0 Å². The van der Waals surface area contributed by atoms with E-state index in [0.29, 0.717) is 0 Å². The van der Waals surface area contributed by atoms with Gasteiger partial charge in [-0.1, -0.05) is 58.8 Å². The Morgan fingerprint density at radius 3 is 1.73 bits per heavy atom. The summed E-state index contributed by atoms with van der Waals surface area (Å²) in [6, 6.07) is 0. The Labute approximate surface area is 106 Å². The molecular weight excluding hydrogens is 268 g/mol. The average Bonchev–Trinajstić information content (AvgIpc) is 2.22. The zero-order valence-electron chi connectivity index (χ0n) is 10.9. The molecule has 2 heteroatoms. The van der Waals surface area contributed by atoms with E-state index in [-0.39, 0.29) is 0 Å². The van der Waals surface area contributed by atoms with Crippen LogP contribution in [-0.4, -0.2) is 17.8 Å². The predicted octanol–water partition coefficient (Wildman–Crippen LogP) is 5.89. The number of rotatable bonds is 10. The number of halogens is 1. The SMILES string of the molecule is CCCCCCCCCCS(C)(Br)CC. The Bertz CT molecular complexity index is 134. The molecule has 0 radical (unpaired) electrons. The van der Waals surface area contributed by atoms with Crippen LogP contribution in [0.2, 0.25) is 0 Å². The summed E-state index contributed by atoms with van der Waals surface area (Å²) < 4.78 is 0. The van der Waals surface area contributed by atoms with E-state index >= 15 is 0 Å². The topological polar surface area (TPSA) is 0 Å². The summed E-state index contributed by atoms with van der Waals surface area (Å²) in [5.41, 5.74) is 0. The molecule has 0 heterocycles. The maximum atomic E-state index is 3.87. The average molecular weight is 297 g/mol. The molecule has 15 heavy (non-hydrogen) atoms. The van der Waals surface area contributed by atoms with Gasteiger partial charge >= 0.3 is 0 Å². The van der Waals surface area contributed by atoms with E-state index < -0.39 is 8.46 Å². The van der Waals surface area contributed by atoms with Crippen LogP contribution in [0.1, 0.15) is 65.2 Å². The van der Waals surface area contributed by atoms with Gasteiger partial charge in [0.2, 0.25) is 0 Å². The molecule has 0 saturated carbocycles. The molecule has 0 fully saturated rings. The van der Waals surface area contributed by atoms with Crippen molar-refractivity contribution in [1.82, 2.24) is 0 Å². The highest BCUT2D eigenvalue weighted by Gasteiger charge is 2.09. The molecule has 0 aliphatic heterocycles. The maximum Gasteiger partial charge on any atom is -0.0139 e. The van der Waals surface area contributed by atoms with Crippen LogP contribution in [0.3, 0.4) is 0 Å². The third-order valence-electron chi connectivity index (χ3n) is 3.03. The predicted molar refractivity (Wildman–Crippen MR) is 80.5 cm³/mol. The minimum Gasteiger partial charge on any atom is -0.186 e. The van der Waals surface area contributed by atoms with Crippen molar-refractivity contribution in [3.8, 4) is 0 Å². The summed E-state index contributed by atoms with van der Waals surface area (Å²) in [4.78, 5) is 0. The molecule has 0 aromatic heterocycles. The van der Waals surface area contributed by atoms with Crippen LogP contribution in [0, 0.1) is 0 Å². The number of unbranched alkanes of at least 4 members (excludes halogenated alkanes) is 7. The minimum atomic E-state index is -0.408. The Balaban J connectivity index is 3.11. The van der Waals surface area contributed by atoms with E-state index in [1.807, 2.05) is 0 Å². The first-order valence-electron chi connectivity index (χ1n) is 6.55. The second-order valence-electron chi connectivity index (χ2n) is 4.62. The van der Waals surface area contributed by atoms with Crippen molar-refractivity contribution < 1.29 is 0 Å². The zero-order chi connectivity index (χ0) is 11.6. The Hall–Kier alpha value is 0.830. The van der Waals surface area contributed by atoms with Crippen LogP contribution in [0.15, 0.2) is 0 Å². The van der Waals surface area contributed by atoms with Crippen molar-refractivity contribution in [3.05, 3.63) is 0 Å². The summed E-state index contributed by atoms with van der Waals surface area (Å²) in [6.45, 7) is 4.58. The fourth-order valence-corrected chi connectivity index (χ4v) is 3.46. The quantitative estimate of drug-likeness (QED) is 0.441. The molecular formula is C13H29BrS. The van der Waals surface area contributed by atoms with Gasteiger partial charge in [0.25, 0.3) is 0 Å². The zero-order valence-corrected chi connectivity index (χ0v) is 13.3. The van der Waals surface area contributed by atoms with Gasteiger partial charge < -0.3 is 0 Å². The van der Waals surface area contributed by atoms with E-state index in [1.165, 1.54) is 62.9 Å². The molecule has 0 spiro atoms. The Kier molecular flexibility index (Phi) is 10.6. The highest BCUT2D eigenvalue weighted by atomic mass is 79.9. The van der Waals surface area contributed by atoms with Gasteiger partial charge in [-0.3, -0.25) is 0 Å². The molecule has 0 nitrogen and oxygen atoms in total. The summed E-state index contributed by atoms with van der Waals surface area (Å²) in [5.74, 6) is 2.74. The van der Waals surface area contributed by atoms with Crippen molar-refractivity contribution in [2.24, 2.45) is 0 Å². The first-order valence-corrected chi connectivity index (χ1v) is 10.8. The summed E-state index contributed by atoms with van der Waals surface area (Å²) >= 11 is 3.87. The van der Waals surface area contributed by atoms with Gasteiger partial charge in [0.1, 0.15) is 0 Å². The van der Waals surface area contributed by atoms with Crippen LogP contribution >= 0.6 is 23.3 Å². The third-order valence-corrected chi connectivity index (χ3v) is 7.71. The lowest BCUT2D eigenvalue weighted by Crippen LogP contribution is -1.98. The van der Waals surface area contributed by atoms with E-state index in [0.717, 1.165) is 0 Å². The molecule has 0 amide bonds. The molecule has 94 valence electrons.